The van der Waals surface area contributed by atoms with Crippen LogP contribution < -0.4 is 10.9 Å². The molecule has 0 bridgehead atoms. The van der Waals surface area contributed by atoms with Gasteiger partial charge in [0.15, 0.2) is 0 Å². The highest BCUT2D eigenvalue weighted by Gasteiger charge is 2.17. The van der Waals surface area contributed by atoms with Crippen molar-refractivity contribution in [3.8, 4) is 0 Å². The summed E-state index contributed by atoms with van der Waals surface area (Å²) in [5, 5.41) is 2.83. The minimum absolute atomic E-state index is 0.0632. The molecule has 1 N–H and O–H groups in total. The van der Waals surface area contributed by atoms with Crippen LogP contribution in [0.4, 0.5) is 0 Å². The van der Waals surface area contributed by atoms with Gasteiger partial charge in [-0.05, 0) is 18.6 Å². The molecule has 0 unspecified atom stereocenters. The summed E-state index contributed by atoms with van der Waals surface area (Å²) in [5.41, 5.74) is 1.09. The zero-order valence-corrected chi connectivity index (χ0v) is 15.3. The predicted octanol–water partition coefficient (Wildman–Crippen LogP) is 0.364. The van der Waals surface area contributed by atoms with E-state index in [2.05, 4.69) is 15.2 Å². The van der Waals surface area contributed by atoms with Crippen molar-refractivity contribution < 1.29 is 9.53 Å². The maximum Gasteiger partial charge on any atom is 0.268 e. The molecule has 0 saturated carbocycles. The number of aryl methyl sites for hydroxylation is 1. The molecule has 26 heavy (non-hydrogen) atoms. The van der Waals surface area contributed by atoms with E-state index in [1.165, 1.54) is 6.07 Å². The van der Waals surface area contributed by atoms with Gasteiger partial charge in [0.05, 0.1) is 25.4 Å². The summed E-state index contributed by atoms with van der Waals surface area (Å²) in [5.74, 6) is 0.560. The van der Waals surface area contributed by atoms with Gasteiger partial charge in [-0.15, -0.1) is 0 Å². The quantitative estimate of drug-likeness (QED) is 0.806. The summed E-state index contributed by atoms with van der Waals surface area (Å²) in [6.45, 7) is 3.87. The molecule has 0 aliphatic carbocycles. The number of fused-ring (bicyclic) bond motifs is 1. The fourth-order valence-electron chi connectivity index (χ4n) is 3.16. The van der Waals surface area contributed by atoms with Crippen molar-refractivity contribution in [3.05, 3.63) is 52.0 Å². The number of amides is 1. The first-order valence-corrected chi connectivity index (χ1v) is 8.79. The van der Waals surface area contributed by atoms with E-state index in [0.29, 0.717) is 31.1 Å². The zero-order valence-electron chi connectivity index (χ0n) is 15.3. The van der Waals surface area contributed by atoms with Crippen LogP contribution in [0.25, 0.3) is 0 Å². The molecule has 3 heterocycles. The van der Waals surface area contributed by atoms with Crippen LogP contribution in [0.3, 0.4) is 0 Å². The average molecular weight is 359 g/mol. The van der Waals surface area contributed by atoms with Crippen molar-refractivity contribution in [2.24, 2.45) is 7.05 Å². The van der Waals surface area contributed by atoms with Gasteiger partial charge in [-0.25, -0.2) is 4.98 Å². The molecule has 8 nitrogen and oxygen atoms in total. The summed E-state index contributed by atoms with van der Waals surface area (Å²) in [6, 6.07) is 5.08. The standard InChI is InChI=1S/C18H25N5O3/c1-21-6-3-5-15(21)18(25)19-12-14-11-17(24)23-8-4-7-22(9-10-26-2)13-16(23)20-14/h3,5-6,11H,4,7-10,12-13H2,1-2H3,(H,19,25). The molecule has 1 aliphatic rings. The second kappa shape index (κ2) is 8.29. The van der Waals surface area contributed by atoms with Gasteiger partial charge in [0.2, 0.25) is 0 Å². The first-order valence-electron chi connectivity index (χ1n) is 8.79. The minimum atomic E-state index is -0.184. The third-order valence-corrected chi connectivity index (χ3v) is 4.58. The van der Waals surface area contributed by atoms with Crippen LogP contribution in [0.5, 0.6) is 0 Å². The van der Waals surface area contributed by atoms with Gasteiger partial charge in [-0.3, -0.25) is 19.1 Å². The highest BCUT2D eigenvalue weighted by atomic mass is 16.5. The Labute approximate surface area is 152 Å². The Morgan fingerprint density at radius 2 is 2.23 bits per heavy atom. The molecule has 0 aromatic carbocycles. The molecule has 2 aromatic rings. The van der Waals surface area contributed by atoms with Crippen molar-refractivity contribution >= 4 is 5.91 Å². The van der Waals surface area contributed by atoms with Gasteiger partial charge >= 0.3 is 0 Å². The maximum absolute atomic E-state index is 12.4. The van der Waals surface area contributed by atoms with E-state index in [4.69, 9.17) is 4.74 Å². The van der Waals surface area contributed by atoms with Gasteiger partial charge in [0.1, 0.15) is 11.5 Å². The Bertz CT molecular complexity index is 826. The molecule has 8 heteroatoms. The number of carbonyl (C=O) groups excluding carboxylic acids is 1. The Hall–Kier alpha value is -2.45. The lowest BCUT2D eigenvalue weighted by atomic mass is 10.3. The van der Waals surface area contributed by atoms with Crippen LogP contribution in [0.2, 0.25) is 0 Å². The summed E-state index contributed by atoms with van der Waals surface area (Å²) < 4.78 is 8.63. The van der Waals surface area contributed by atoms with Crippen molar-refractivity contribution in [1.82, 2.24) is 24.3 Å². The monoisotopic (exact) mass is 359 g/mol. The fraction of sp³-hybridized carbons (Fsp3) is 0.500. The molecule has 0 spiro atoms. The number of aromatic nitrogens is 3. The number of rotatable bonds is 6. The Balaban J connectivity index is 1.72. The van der Waals surface area contributed by atoms with Gasteiger partial charge in [-0.1, -0.05) is 0 Å². The van der Waals surface area contributed by atoms with Gasteiger partial charge in [0.25, 0.3) is 11.5 Å². The Kier molecular flexibility index (Phi) is 5.85. The number of carbonyl (C=O) groups is 1. The number of ether oxygens (including phenoxy) is 1. The van der Waals surface area contributed by atoms with Gasteiger partial charge in [-0.2, -0.15) is 0 Å². The molecule has 0 saturated heterocycles. The lowest BCUT2D eigenvalue weighted by molar-refractivity contribution is 0.0942. The largest absolute Gasteiger partial charge is 0.383 e. The summed E-state index contributed by atoms with van der Waals surface area (Å²) in [7, 11) is 3.50. The number of hydrogen-bond acceptors (Lipinski definition) is 5. The highest BCUT2D eigenvalue weighted by Crippen LogP contribution is 2.09. The molecule has 0 fully saturated rings. The summed E-state index contributed by atoms with van der Waals surface area (Å²) in [4.78, 5) is 31.5. The minimum Gasteiger partial charge on any atom is -0.383 e. The molecular weight excluding hydrogens is 334 g/mol. The molecule has 2 aromatic heterocycles. The van der Waals surface area contributed by atoms with E-state index < -0.39 is 0 Å². The van der Waals surface area contributed by atoms with Crippen LogP contribution in [0.1, 0.15) is 28.4 Å². The molecule has 1 amide bonds. The molecule has 140 valence electrons. The van der Waals surface area contributed by atoms with Crippen LogP contribution in [0.15, 0.2) is 29.2 Å². The fourth-order valence-corrected chi connectivity index (χ4v) is 3.16. The van der Waals surface area contributed by atoms with E-state index in [9.17, 15) is 9.59 Å². The van der Waals surface area contributed by atoms with E-state index in [1.807, 2.05) is 19.3 Å². The zero-order chi connectivity index (χ0) is 18.5. The summed E-state index contributed by atoms with van der Waals surface area (Å²) in [6.07, 6.45) is 2.72. The van der Waals surface area contributed by atoms with Crippen molar-refractivity contribution in [2.45, 2.75) is 26.1 Å². The topological polar surface area (TPSA) is 81.4 Å². The third-order valence-electron chi connectivity index (χ3n) is 4.58. The SMILES string of the molecule is COCCN1CCCn2c(nc(CNC(=O)c3cccn3C)cc2=O)C1. The smallest absolute Gasteiger partial charge is 0.268 e. The van der Waals surface area contributed by atoms with Crippen molar-refractivity contribution in [2.75, 3.05) is 26.8 Å². The first-order chi connectivity index (χ1) is 12.6. The Morgan fingerprint density at radius 1 is 1.38 bits per heavy atom. The van der Waals surface area contributed by atoms with Gasteiger partial charge in [0, 0.05) is 46.1 Å². The van der Waals surface area contributed by atoms with Crippen LogP contribution in [-0.2, 0) is 31.4 Å². The van der Waals surface area contributed by atoms with Crippen molar-refractivity contribution in [1.29, 1.82) is 0 Å². The molecule has 1 aliphatic heterocycles. The second-order valence-corrected chi connectivity index (χ2v) is 6.46. The van der Waals surface area contributed by atoms with Crippen LogP contribution in [0, 0.1) is 0 Å². The molecule has 0 radical (unpaired) electrons. The number of nitrogens with one attached hydrogen (secondary N) is 1. The predicted molar refractivity (Wildman–Crippen MR) is 96.9 cm³/mol. The summed E-state index contributed by atoms with van der Waals surface area (Å²) >= 11 is 0. The van der Waals surface area contributed by atoms with E-state index in [-0.39, 0.29) is 18.0 Å². The number of methoxy groups -OCH3 is 1. The van der Waals surface area contributed by atoms with E-state index in [1.54, 1.807) is 22.3 Å². The van der Waals surface area contributed by atoms with Crippen LogP contribution >= 0.6 is 0 Å². The first kappa shape index (κ1) is 18.3. The Morgan fingerprint density at radius 3 is 2.96 bits per heavy atom. The van der Waals surface area contributed by atoms with Crippen LogP contribution in [-0.4, -0.2) is 51.7 Å². The lowest BCUT2D eigenvalue weighted by Crippen LogP contribution is -2.31. The lowest BCUT2D eigenvalue weighted by Gasteiger charge is -2.19. The molecule has 3 rings (SSSR count). The maximum atomic E-state index is 12.4. The number of hydrogen-bond donors (Lipinski definition) is 1. The average Bonchev–Trinajstić information content (AvgIpc) is 2.94. The number of nitrogens with zero attached hydrogens (tertiary/aromatic N) is 4. The molecular formula is C18H25N5O3. The highest BCUT2D eigenvalue weighted by molar-refractivity contribution is 5.92. The van der Waals surface area contributed by atoms with E-state index in [0.717, 1.165) is 25.3 Å². The second-order valence-electron chi connectivity index (χ2n) is 6.46. The normalized spacial score (nSPS) is 14.7. The van der Waals surface area contributed by atoms with Crippen molar-refractivity contribution in [3.63, 3.8) is 0 Å². The third kappa shape index (κ3) is 4.20. The van der Waals surface area contributed by atoms with Gasteiger partial charge < -0.3 is 14.6 Å². The van der Waals surface area contributed by atoms with E-state index >= 15 is 0 Å². The molecule has 0 atom stereocenters.